The standard InChI is InChI=1S/C12H15BrFNOS/c1-8(6-7-17-2)15-12(16)9-4-3-5-10(14)11(9)13/h3-5,8H,6-7H2,1-2H3,(H,15,16). The van der Waals surface area contributed by atoms with E-state index in [9.17, 15) is 9.18 Å². The number of rotatable bonds is 5. The SMILES string of the molecule is CSCCC(C)NC(=O)c1cccc(F)c1Br. The van der Waals surface area contributed by atoms with Gasteiger partial charge in [-0.25, -0.2) is 4.39 Å². The first-order valence-electron chi connectivity index (χ1n) is 5.30. The minimum atomic E-state index is -0.422. The number of halogens is 2. The number of hydrogen-bond donors (Lipinski definition) is 1. The van der Waals surface area contributed by atoms with Crippen LogP contribution in [0.3, 0.4) is 0 Å². The smallest absolute Gasteiger partial charge is 0.252 e. The van der Waals surface area contributed by atoms with Crippen molar-refractivity contribution < 1.29 is 9.18 Å². The molecule has 2 nitrogen and oxygen atoms in total. The van der Waals surface area contributed by atoms with Crippen LogP contribution in [0, 0.1) is 5.82 Å². The largest absolute Gasteiger partial charge is 0.350 e. The van der Waals surface area contributed by atoms with Crippen LogP contribution in [0.25, 0.3) is 0 Å². The third kappa shape index (κ3) is 4.32. The molecule has 0 aromatic heterocycles. The molecule has 0 radical (unpaired) electrons. The molecule has 0 aliphatic carbocycles. The first-order valence-corrected chi connectivity index (χ1v) is 7.48. The molecule has 0 spiro atoms. The Morgan fingerprint density at radius 2 is 2.29 bits per heavy atom. The second kappa shape index (κ2) is 7.01. The zero-order valence-corrected chi connectivity index (χ0v) is 12.2. The van der Waals surface area contributed by atoms with Crippen LogP contribution in [0.15, 0.2) is 22.7 Å². The predicted molar refractivity (Wildman–Crippen MR) is 74.0 cm³/mol. The second-order valence-electron chi connectivity index (χ2n) is 3.76. The highest BCUT2D eigenvalue weighted by Crippen LogP contribution is 2.20. The first-order chi connectivity index (χ1) is 8.06. The Morgan fingerprint density at radius 3 is 2.94 bits per heavy atom. The minimum Gasteiger partial charge on any atom is -0.350 e. The van der Waals surface area contributed by atoms with E-state index in [1.165, 1.54) is 12.1 Å². The Bertz CT molecular complexity index is 400. The molecule has 1 amide bonds. The van der Waals surface area contributed by atoms with E-state index >= 15 is 0 Å². The lowest BCUT2D eigenvalue weighted by Gasteiger charge is -2.14. The van der Waals surface area contributed by atoms with Gasteiger partial charge >= 0.3 is 0 Å². The topological polar surface area (TPSA) is 29.1 Å². The van der Waals surface area contributed by atoms with Gasteiger partial charge in [-0.3, -0.25) is 4.79 Å². The van der Waals surface area contributed by atoms with Gasteiger partial charge in [0.2, 0.25) is 0 Å². The summed E-state index contributed by atoms with van der Waals surface area (Å²) in [5, 5.41) is 2.85. The minimum absolute atomic E-state index is 0.0881. The predicted octanol–water partition coefficient (Wildman–Crippen LogP) is 3.46. The molecule has 0 saturated heterocycles. The van der Waals surface area contributed by atoms with Crippen molar-refractivity contribution in [2.24, 2.45) is 0 Å². The molecule has 1 unspecified atom stereocenters. The van der Waals surface area contributed by atoms with E-state index in [0.717, 1.165) is 12.2 Å². The number of amides is 1. The highest BCUT2D eigenvalue weighted by atomic mass is 79.9. The van der Waals surface area contributed by atoms with Crippen molar-refractivity contribution in [3.63, 3.8) is 0 Å². The van der Waals surface area contributed by atoms with E-state index in [0.29, 0.717) is 5.56 Å². The summed E-state index contributed by atoms with van der Waals surface area (Å²) in [7, 11) is 0. The van der Waals surface area contributed by atoms with E-state index in [1.54, 1.807) is 17.8 Å². The van der Waals surface area contributed by atoms with Gasteiger partial charge in [0.25, 0.3) is 5.91 Å². The van der Waals surface area contributed by atoms with Crippen molar-refractivity contribution in [3.8, 4) is 0 Å². The van der Waals surface area contributed by atoms with Crippen LogP contribution < -0.4 is 5.32 Å². The van der Waals surface area contributed by atoms with E-state index in [1.807, 2.05) is 13.2 Å². The Labute approximate surface area is 113 Å². The lowest BCUT2D eigenvalue weighted by Crippen LogP contribution is -2.33. The van der Waals surface area contributed by atoms with Crippen molar-refractivity contribution in [1.29, 1.82) is 0 Å². The number of hydrogen-bond acceptors (Lipinski definition) is 2. The van der Waals surface area contributed by atoms with E-state index < -0.39 is 5.82 Å². The van der Waals surface area contributed by atoms with Gasteiger partial charge < -0.3 is 5.32 Å². The molecule has 0 bridgehead atoms. The molecule has 94 valence electrons. The van der Waals surface area contributed by atoms with Gasteiger partial charge in [-0.05, 0) is 53.4 Å². The first kappa shape index (κ1) is 14.5. The quantitative estimate of drug-likeness (QED) is 0.900. The van der Waals surface area contributed by atoms with Crippen molar-refractivity contribution in [1.82, 2.24) is 5.32 Å². The summed E-state index contributed by atoms with van der Waals surface area (Å²) in [4.78, 5) is 11.9. The maximum atomic E-state index is 13.2. The molecular formula is C12H15BrFNOS. The Balaban J connectivity index is 2.67. The van der Waals surface area contributed by atoms with Crippen LogP contribution in [-0.2, 0) is 0 Å². The van der Waals surface area contributed by atoms with Crippen molar-refractivity contribution >= 4 is 33.6 Å². The maximum Gasteiger partial charge on any atom is 0.252 e. The van der Waals surface area contributed by atoms with Gasteiger partial charge in [0.15, 0.2) is 0 Å². The lowest BCUT2D eigenvalue weighted by atomic mass is 10.2. The molecule has 0 aliphatic heterocycles. The van der Waals surface area contributed by atoms with Gasteiger partial charge in [0.1, 0.15) is 5.82 Å². The average Bonchev–Trinajstić information content (AvgIpc) is 2.29. The molecule has 0 saturated carbocycles. The molecule has 1 atom stereocenters. The fourth-order valence-corrected chi connectivity index (χ4v) is 2.38. The molecule has 1 aromatic carbocycles. The van der Waals surface area contributed by atoms with Gasteiger partial charge in [-0.2, -0.15) is 11.8 Å². The van der Waals surface area contributed by atoms with E-state index in [2.05, 4.69) is 21.2 Å². The van der Waals surface area contributed by atoms with Crippen LogP contribution >= 0.6 is 27.7 Å². The molecule has 0 aliphatic rings. The zero-order chi connectivity index (χ0) is 12.8. The average molecular weight is 320 g/mol. The van der Waals surface area contributed by atoms with Crippen LogP contribution in [0.5, 0.6) is 0 Å². The van der Waals surface area contributed by atoms with Crippen LogP contribution in [0.1, 0.15) is 23.7 Å². The molecule has 0 heterocycles. The summed E-state index contributed by atoms with van der Waals surface area (Å²) < 4.78 is 13.5. The molecule has 1 N–H and O–H groups in total. The molecule has 1 rings (SSSR count). The zero-order valence-electron chi connectivity index (χ0n) is 9.80. The number of thioether (sulfide) groups is 1. The van der Waals surface area contributed by atoms with Crippen LogP contribution in [0.4, 0.5) is 4.39 Å². The number of nitrogens with one attached hydrogen (secondary N) is 1. The fraction of sp³-hybridized carbons (Fsp3) is 0.417. The van der Waals surface area contributed by atoms with E-state index in [4.69, 9.17) is 0 Å². The molecule has 5 heteroatoms. The Kier molecular flexibility index (Phi) is 5.98. The summed E-state index contributed by atoms with van der Waals surface area (Å²) in [6, 6.07) is 4.54. The summed E-state index contributed by atoms with van der Waals surface area (Å²) in [6.45, 7) is 1.95. The normalized spacial score (nSPS) is 12.2. The Morgan fingerprint density at radius 1 is 1.59 bits per heavy atom. The summed E-state index contributed by atoms with van der Waals surface area (Å²) in [6.07, 6.45) is 2.93. The molecule has 0 fully saturated rings. The maximum absolute atomic E-state index is 13.2. The second-order valence-corrected chi connectivity index (χ2v) is 5.54. The number of carbonyl (C=O) groups excluding carboxylic acids is 1. The van der Waals surface area contributed by atoms with Gasteiger partial charge in [-0.1, -0.05) is 6.07 Å². The summed E-state index contributed by atoms with van der Waals surface area (Å²) in [5.41, 5.74) is 0.334. The van der Waals surface area contributed by atoms with Gasteiger partial charge in [0.05, 0.1) is 10.0 Å². The van der Waals surface area contributed by atoms with E-state index in [-0.39, 0.29) is 16.4 Å². The third-order valence-electron chi connectivity index (χ3n) is 2.33. The van der Waals surface area contributed by atoms with Crippen LogP contribution in [0.2, 0.25) is 0 Å². The summed E-state index contributed by atoms with van der Waals surface area (Å²) in [5.74, 6) is 0.325. The monoisotopic (exact) mass is 319 g/mol. The number of benzene rings is 1. The van der Waals surface area contributed by atoms with Crippen molar-refractivity contribution in [2.45, 2.75) is 19.4 Å². The van der Waals surface area contributed by atoms with Gasteiger partial charge in [0, 0.05) is 6.04 Å². The highest BCUT2D eigenvalue weighted by molar-refractivity contribution is 9.10. The molecule has 1 aromatic rings. The highest BCUT2D eigenvalue weighted by Gasteiger charge is 2.14. The van der Waals surface area contributed by atoms with Crippen molar-refractivity contribution in [2.75, 3.05) is 12.0 Å². The van der Waals surface area contributed by atoms with Crippen molar-refractivity contribution in [3.05, 3.63) is 34.1 Å². The van der Waals surface area contributed by atoms with Crippen LogP contribution in [-0.4, -0.2) is 24.0 Å². The lowest BCUT2D eigenvalue weighted by molar-refractivity contribution is 0.0938. The third-order valence-corrected chi connectivity index (χ3v) is 3.78. The summed E-state index contributed by atoms with van der Waals surface area (Å²) >= 11 is 4.82. The fourth-order valence-electron chi connectivity index (χ4n) is 1.35. The Hall–Kier alpha value is -0.550. The molecule has 17 heavy (non-hydrogen) atoms. The van der Waals surface area contributed by atoms with Gasteiger partial charge in [-0.15, -0.1) is 0 Å². The number of carbonyl (C=O) groups is 1. The molecular weight excluding hydrogens is 305 g/mol.